The van der Waals surface area contributed by atoms with Gasteiger partial charge < -0.3 is 0 Å². The first-order chi connectivity index (χ1) is 4.77. The molecule has 0 saturated carbocycles. The fourth-order valence-corrected chi connectivity index (χ4v) is 0.398. The monoisotopic (exact) mass is 154 g/mol. The van der Waals surface area contributed by atoms with E-state index in [-0.39, 0.29) is 11.0 Å². The fraction of sp³-hybridized carbons (Fsp3) is 0.900. The zero-order valence-corrected chi connectivity index (χ0v) is 8.65. The van der Waals surface area contributed by atoms with Crippen molar-refractivity contribution in [3.63, 3.8) is 0 Å². The third-order valence-electron chi connectivity index (χ3n) is 1.56. The molecule has 0 atom stereocenters. The summed E-state index contributed by atoms with van der Waals surface area (Å²) in [7, 11) is 0. The highest BCUT2D eigenvalue weighted by Crippen LogP contribution is 2.17. The second kappa shape index (κ2) is 3.26. The Morgan fingerprint density at radius 2 is 1.55 bits per heavy atom. The average molecular weight is 154 g/mol. The van der Waals surface area contributed by atoms with Gasteiger partial charge in [0, 0.05) is 20.3 Å². The molecule has 0 aromatic heterocycles. The lowest BCUT2D eigenvalue weighted by Gasteiger charge is -2.03. The Bertz CT molecular complexity index is 173. The Balaban J connectivity index is 4.29. The number of rotatable bonds is 1. The van der Waals surface area contributed by atoms with Crippen LogP contribution in [0.15, 0.2) is 0 Å². The standard InChI is InChI=1S/C10H20N/c1-7-10(5,6)11-8-9(2,3)4/h7H2,1-6H3/q+1. The lowest BCUT2D eigenvalue weighted by Crippen LogP contribution is -2.12. The van der Waals surface area contributed by atoms with Gasteiger partial charge in [-0.05, 0) is 20.8 Å². The molecule has 11 heavy (non-hydrogen) atoms. The van der Waals surface area contributed by atoms with E-state index in [1.54, 1.807) is 0 Å². The van der Waals surface area contributed by atoms with Crippen molar-refractivity contribution in [3.8, 4) is 6.07 Å². The van der Waals surface area contributed by atoms with Crippen LogP contribution in [0.5, 0.6) is 0 Å². The summed E-state index contributed by atoms with van der Waals surface area (Å²) in [5.41, 5.74) is 0.153. The second-order valence-corrected chi connectivity index (χ2v) is 4.64. The van der Waals surface area contributed by atoms with Gasteiger partial charge in [-0.1, -0.05) is 11.8 Å². The van der Waals surface area contributed by atoms with Crippen LogP contribution in [-0.4, -0.2) is 5.54 Å². The molecular formula is C10H20N+. The minimum atomic E-state index is 0.0628. The van der Waals surface area contributed by atoms with E-state index < -0.39 is 0 Å². The first-order valence-electron chi connectivity index (χ1n) is 4.26. The molecule has 1 heteroatoms. The molecule has 64 valence electrons. The zero-order chi connectivity index (χ0) is 9.12. The summed E-state index contributed by atoms with van der Waals surface area (Å²) in [4.78, 5) is 4.40. The molecule has 0 N–H and O–H groups in total. The van der Waals surface area contributed by atoms with Crippen LogP contribution >= 0.6 is 0 Å². The minimum Gasteiger partial charge on any atom is -0.0772 e. The normalized spacial score (nSPS) is 12.2. The second-order valence-electron chi connectivity index (χ2n) is 4.64. The summed E-state index contributed by atoms with van der Waals surface area (Å²) in [5, 5.41) is 0. The predicted molar refractivity (Wildman–Crippen MR) is 51.1 cm³/mol. The van der Waals surface area contributed by atoms with Crippen LogP contribution in [0.25, 0.3) is 4.85 Å². The Morgan fingerprint density at radius 3 is 1.82 bits per heavy atom. The van der Waals surface area contributed by atoms with Crippen molar-refractivity contribution in [2.75, 3.05) is 0 Å². The van der Waals surface area contributed by atoms with Crippen LogP contribution in [0.1, 0.15) is 48.0 Å². The SMILES string of the molecule is CCC(C)(C)[N+]#CC(C)(C)C. The van der Waals surface area contributed by atoms with Gasteiger partial charge in [-0.15, -0.1) is 0 Å². The van der Waals surface area contributed by atoms with Crippen LogP contribution in [0.2, 0.25) is 0 Å². The van der Waals surface area contributed by atoms with Crippen molar-refractivity contribution in [2.24, 2.45) is 5.41 Å². The van der Waals surface area contributed by atoms with Crippen molar-refractivity contribution < 1.29 is 0 Å². The fourth-order valence-electron chi connectivity index (χ4n) is 0.398. The van der Waals surface area contributed by atoms with Crippen molar-refractivity contribution >= 4 is 0 Å². The van der Waals surface area contributed by atoms with E-state index >= 15 is 0 Å². The van der Waals surface area contributed by atoms with Crippen LogP contribution < -0.4 is 0 Å². The maximum atomic E-state index is 4.40. The predicted octanol–water partition coefficient (Wildman–Crippen LogP) is 3.55. The van der Waals surface area contributed by atoms with Gasteiger partial charge in [0.05, 0.1) is 5.41 Å². The first-order valence-corrected chi connectivity index (χ1v) is 4.26. The van der Waals surface area contributed by atoms with E-state index in [0.717, 1.165) is 6.42 Å². The lowest BCUT2D eigenvalue weighted by molar-refractivity contribution is 0.549. The highest BCUT2D eigenvalue weighted by atomic mass is 14.8. The average Bonchev–Trinajstić information content (AvgIpc) is 1.83. The molecule has 0 amide bonds. The summed E-state index contributed by atoms with van der Waals surface area (Å²) >= 11 is 0. The molecule has 0 spiro atoms. The molecule has 0 saturated heterocycles. The molecule has 0 aliphatic heterocycles. The maximum absolute atomic E-state index is 4.40. The lowest BCUT2D eigenvalue weighted by atomic mass is 9.98. The molecule has 0 bridgehead atoms. The molecule has 0 aromatic carbocycles. The van der Waals surface area contributed by atoms with Crippen LogP contribution in [-0.2, 0) is 0 Å². The highest BCUT2D eigenvalue weighted by Gasteiger charge is 2.26. The van der Waals surface area contributed by atoms with Crippen LogP contribution in [0.3, 0.4) is 0 Å². The van der Waals surface area contributed by atoms with Gasteiger partial charge in [0.25, 0.3) is 11.6 Å². The molecule has 0 aliphatic rings. The third-order valence-corrected chi connectivity index (χ3v) is 1.56. The van der Waals surface area contributed by atoms with Crippen molar-refractivity contribution in [1.82, 2.24) is 0 Å². The molecule has 0 fully saturated rings. The molecule has 0 aliphatic carbocycles. The van der Waals surface area contributed by atoms with Gasteiger partial charge in [0.15, 0.2) is 0 Å². The van der Waals surface area contributed by atoms with Gasteiger partial charge in [-0.25, -0.2) is 0 Å². The summed E-state index contributed by atoms with van der Waals surface area (Å²) in [5.74, 6) is 0. The first kappa shape index (κ1) is 10.5. The van der Waals surface area contributed by atoms with Crippen LogP contribution in [0, 0.1) is 11.5 Å². The molecule has 0 rings (SSSR count). The van der Waals surface area contributed by atoms with Gasteiger partial charge in [-0.2, -0.15) is 0 Å². The van der Waals surface area contributed by atoms with E-state index in [4.69, 9.17) is 0 Å². The molecule has 0 heterocycles. The summed E-state index contributed by atoms with van der Waals surface area (Å²) in [6, 6.07) is 3.14. The van der Waals surface area contributed by atoms with Crippen LogP contribution in [0.4, 0.5) is 0 Å². The van der Waals surface area contributed by atoms with E-state index in [9.17, 15) is 0 Å². The van der Waals surface area contributed by atoms with Gasteiger partial charge in [0.2, 0.25) is 0 Å². The topological polar surface area (TPSA) is 4.36 Å². The van der Waals surface area contributed by atoms with Gasteiger partial charge in [0.1, 0.15) is 0 Å². The number of nitrogens with zero attached hydrogens (tertiary/aromatic N) is 1. The highest BCUT2D eigenvalue weighted by molar-refractivity contribution is 5.05. The quantitative estimate of drug-likeness (QED) is 0.544. The third kappa shape index (κ3) is 5.91. The molecule has 0 radical (unpaired) electrons. The van der Waals surface area contributed by atoms with Gasteiger partial charge in [-0.3, -0.25) is 0 Å². The molecule has 0 unspecified atom stereocenters. The Kier molecular flexibility index (Phi) is 3.11. The number of hydrogen-bond acceptors (Lipinski definition) is 0. The summed E-state index contributed by atoms with van der Waals surface area (Å²) < 4.78 is 0. The minimum absolute atomic E-state index is 0.0628. The Labute approximate surface area is 70.6 Å². The van der Waals surface area contributed by atoms with Crippen molar-refractivity contribution in [2.45, 2.75) is 53.5 Å². The number of hydrogen-bond donors (Lipinski definition) is 0. The molecular weight excluding hydrogens is 134 g/mol. The molecule has 0 aromatic rings. The maximum Gasteiger partial charge on any atom is 0.279 e. The largest absolute Gasteiger partial charge is 0.279 e. The van der Waals surface area contributed by atoms with E-state index in [1.807, 2.05) is 0 Å². The van der Waals surface area contributed by atoms with E-state index in [1.165, 1.54) is 0 Å². The van der Waals surface area contributed by atoms with Gasteiger partial charge >= 0.3 is 0 Å². The van der Waals surface area contributed by atoms with Crippen molar-refractivity contribution in [1.29, 1.82) is 0 Å². The molecule has 1 nitrogen and oxygen atoms in total. The smallest absolute Gasteiger partial charge is 0.0772 e. The van der Waals surface area contributed by atoms with E-state index in [0.29, 0.717) is 0 Å². The zero-order valence-electron chi connectivity index (χ0n) is 8.65. The summed E-state index contributed by atoms with van der Waals surface area (Å²) in [6.45, 7) is 12.7. The summed E-state index contributed by atoms with van der Waals surface area (Å²) in [6.07, 6.45) is 1.07. The van der Waals surface area contributed by atoms with Crippen molar-refractivity contribution in [3.05, 3.63) is 4.85 Å². The Morgan fingerprint density at radius 1 is 1.09 bits per heavy atom. The van der Waals surface area contributed by atoms with E-state index in [2.05, 4.69) is 52.5 Å². The Hall–Kier alpha value is -0.510.